The van der Waals surface area contributed by atoms with E-state index in [2.05, 4.69) is 6.92 Å². The molecule has 5 nitrogen and oxygen atoms in total. The predicted molar refractivity (Wildman–Crippen MR) is 57.6 cm³/mol. The summed E-state index contributed by atoms with van der Waals surface area (Å²) >= 11 is 0. The van der Waals surface area contributed by atoms with Gasteiger partial charge in [-0.15, -0.1) is 0 Å². The van der Waals surface area contributed by atoms with Crippen molar-refractivity contribution >= 4 is 8.80 Å². The number of nitrogens with two attached hydrogens (primary N) is 2. The molecule has 6 heteroatoms. The normalized spacial score (nSPS) is 14.4. The Morgan fingerprint density at radius 2 is 1.86 bits per heavy atom. The minimum Gasteiger partial charge on any atom is -0.377 e. The van der Waals surface area contributed by atoms with Crippen molar-refractivity contribution in [3.05, 3.63) is 0 Å². The van der Waals surface area contributed by atoms with Gasteiger partial charge in [0.05, 0.1) is 6.23 Å². The standard InChI is InChI=1S/C8H22N2O3Si/c1-4-7-14(11-2,12-3)13-8(10)5-6-9/h8H,4-7,9-10H2,1-3H3/t8-/m1/s1. The van der Waals surface area contributed by atoms with Crippen molar-refractivity contribution in [2.45, 2.75) is 32.0 Å². The Labute approximate surface area is 87.1 Å². The van der Waals surface area contributed by atoms with E-state index in [9.17, 15) is 0 Å². The van der Waals surface area contributed by atoms with Crippen molar-refractivity contribution in [1.82, 2.24) is 0 Å². The first-order valence-corrected chi connectivity index (χ1v) is 6.81. The lowest BCUT2D eigenvalue weighted by atomic mass is 10.4. The summed E-state index contributed by atoms with van der Waals surface area (Å²) in [6, 6.07) is 0.776. The quantitative estimate of drug-likeness (QED) is 0.455. The van der Waals surface area contributed by atoms with Gasteiger partial charge in [0.1, 0.15) is 0 Å². The molecule has 0 aromatic rings. The zero-order valence-corrected chi connectivity index (χ0v) is 10.3. The number of hydrogen-bond donors (Lipinski definition) is 2. The van der Waals surface area contributed by atoms with E-state index in [0.29, 0.717) is 13.0 Å². The molecule has 0 bridgehead atoms. The summed E-state index contributed by atoms with van der Waals surface area (Å²) < 4.78 is 16.2. The Morgan fingerprint density at radius 1 is 1.29 bits per heavy atom. The fourth-order valence-electron chi connectivity index (χ4n) is 1.20. The van der Waals surface area contributed by atoms with Crippen LogP contribution in [-0.2, 0) is 13.3 Å². The third-order valence-electron chi connectivity index (χ3n) is 1.96. The van der Waals surface area contributed by atoms with Gasteiger partial charge < -0.3 is 24.7 Å². The van der Waals surface area contributed by atoms with E-state index in [0.717, 1.165) is 12.5 Å². The summed E-state index contributed by atoms with van der Waals surface area (Å²) in [5.41, 5.74) is 11.1. The van der Waals surface area contributed by atoms with Crippen LogP contribution in [0.2, 0.25) is 6.04 Å². The highest BCUT2D eigenvalue weighted by Gasteiger charge is 2.39. The highest BCUT2D eigenvalue weighted by molar-refractivity contribution is 6.60. The molecule has 0 aliphatic rings. The molecule has 14 heavy (non-hydrogen) atoms. The lowest BCUT2D eigenvalue weighted by Gasteiger charge is -2.29. The van der Waals surface area contributed by atoms with Crippen molar-refractivity contribution in [1.29, 1.82) is 0 Å². The molecule has 0 spiro atoms. The second-order valence-corrected chi connectivity index (χ2v) is 5.99. The summed E-state index contributed by atoms with van der Waals surface area (Å²) in [7, 11) is 0.671. The van der Waals surface area contributed by atoms with Gasteiger partial charge in [0.2, 0.25) is 0 Å². The fourth-order valence-corrected chi connectivity index (χ4v) is 3.28. The Hall–Kier alpha value is 0.0169. The smallest absolute Gasteiger partial charge is 0.377 e. The first-order chi connectivity index (χ1) is 6.64. The first-order valence-electron chi connectivity index (χ1n) is 4.88. The van der Waals surface area contributed by atoms with Crippen LogP contribution in [0.3, 0.4) is 0 Å². The molecule has 0 aromatic heterocycles. The highest BCUT2D eigenvalue weighted by Crippen LogP contribution is 2.17. The van der Waals surface area contributed by atoms with E-state index in [4.69, 9.17) is 24.7 Å². The molecule has 0 unspecified atom stereocenters. The van der Waals surface area contributed by atoms with Crippen LogP contribution < -0.4 is 11.5 Å². The third-order valence-corrected chi connectivity index (χ3v) is 4.98. The van der Waals surface area contributed by atoms with Crippen LogP contribution in [0.4, 0.5) is 0 Å². The van der Waals surface area contributed by atoms with Crippen LogP contribution in [0.1, 0.15) is 19.8 Å². The molecule has 0 heterocycles. The molecule has 4 N–H and O–H groups in total. The summed E-state index contributed by atoms with van der Waals surface area (Å²) in [6.45, 7) is 2.56. The third kappa shape index (κ3) is 4.49. The van der Waals surface area contributed by atoms with Gasteiger partial charge in [0, 0.05) is 20.3 Å². The SMILES string of the molecule is CCC[Si](OC)(OC)O[C@@H](N)CCN. The number of hydrogen-bond acceptors (Lipinski definition) is 5. The van der Waals surface area contributed by atoms with Gasteiger partial charge >= 0.3 is 8.80 Å². The van der Waals surface area contributed by atoms with E-state index >= 15 is 0 Å². The lowest BCUT2D eigenvalue weighted by Crippen LogP contribution is -2.49. The molecule has 0 saturated carbocycles. The monoisotopic (exact) mass is 222 g/mol. The van der Waals surface area contributed by atoms with E-state index in [1.54, 1.807) is 14.2 Å². The highest BCUT2D eigenvalue weighted by atomic mass is 28.4. The predicted octanol–water partition coefficient (Wildman–Crippen LogP) is 0.278. The molecular formula is C8H22N2O3Si. The van der Waals surface area contributed by atoms with Crippen LogP contribution in [0, 0.1) is 0 Å². The van der Waals surface area contributed by atoms with Crippen molar-refractivity contribution < 1.29 is 13.3 Å². The van der Waals surface area contributed by atoms with E-state index in [1.807, 2.05) is 0 Å². The summed E-state index contributed by atoms with van der Waals surface area (Å²) in [5.74, 6) is 0. The Bertz CT molecular complexity index is 145. The van der Waals surface area contributed by atoms with Crippen LogP contribution >= 0.6 is 0 Å². The van der Waals surface area contributed by atoms with Gasteiger partial charge in [0.15, 0.2) is 0 Å². The average Bonchev–Trinajstić information content (AvgIpc) is 2.17. The maximum Gasteiger partial charge on any atom is 0.501 e. The van der Waals surface area contributed by atoms with Crippen LogP contribution in [0.15, 0.2) is 0 Å². The van der Waals surface area contributed by atoms with E-state index in [1.165, 1.54) is 0 Å². The molecule has 0 radical (unpaired) electrons. The Kier molecular flexibility index (Phi) is 7.34. The first kappa shape index (κ1) is 14.0. The van der Waals surface area contributed by atoms with Gasteiger partial charge in [-0.1, -0.05) is 13.3 Å². The van der Waals surface area contributed by atoms with E-state index in [-0.39, 0.29) is 0 Å². The number of rotatable bonds is 8. The molecule has 0 aliphatic carbocycles. The van der Waals surface area contributed by atoms with Gasteiger partial charge in [-0.25, -0.2) is 0 Å². The zero-order valence-electron chi connectivity index (χ0n) is 9.29. The molecule has 1 atom stereocenters. The summed E-state index contributed by atoms with van der Waals surface area (Å²) in [4.78, 5) is 0. The average molecular weight is 222 g/mol. The lowest BCUT2D eigenvalue weighted by molar-refractivity contribution is 0.0548. The Balaban J connectivity index is 4.18. The van der Waals surface area contributed by atoms with Crippen LogP contribution in [0.5, 0.6) is 0 Å². The van der Waals surface area contributed by atoms with Crippen molar-refractivity contribution in [2.24, 2.45) is 11.5 Å². The fraction of sp³-hybridized carbons (Fsp3) is 1.00. The van der Waals surface area contributed by atoms with Crippen LogP contribution in [-0.4, -0.2) is 35.8 Å². The minimum atomic E-state index is -2.52. The van der Waals surface area contributed by atoms with Crippen LogP contribution in [0.25, 0.3) is 0 Å². The summed E-state index contributed by atoms with van der Waals surface area (Å²) in [5, 5.41) is 0. The van der Waals surface area contributed by atoms with Gasteiger partial charge in [-0.05, 0) is 13.0 Å². The van der Waals surface area contributed by atoms with Gasteiger partial charge in [-0.3, -0.25) is 0 Å². The van der Waals surface area contributed by atoms with Crippen molar-refractivity contribution in [2.75, 3.05) is 20.8 Å². The molecule has 0 amide bonds. The second kappa shape index (κ2) is 7.33. The molecule has 0 fully saturated rings. The largest absolute Gasteiger partial charge is 0.501 e. The van der Waals surface area contributed by atoms with Gasteiger partial charge in [0.25, 0.3) is 0 Å². The topological polar surface area (TPSA) is 79.7 Å². The molecule has 0 aromatic carbocycles. The maximum atomic E-state index is 5.72. The van der Waals surface area contributed by atoms with Crippen molar-refractivity contribution in [3.8, 4) is 0 Å². The molecular weight excluding hydrogens is 200 g/mol. The molecule has 0 saturated heterocycles. The minimum absolute atomic E-state index is 0.391. The molecule has 86 valence electrons. The van der Waals surface area contributed by atoms with Gasteiger partial charge in [-0.2, -0.15) is 0 Å². The Morgan fingerprint density at radius 3 is 2.21 bits per heavy atom. The second-order valence-electron chi connectivity index (χ2n) is 3.07. The molecule has 0 rings (SSSR count). The van der Waals surface area contributed by atoms with Crippen molar-refractivity contribution in [3.63, 3.8) is 0 Å². The maximum absolute atomic E-state index is 5.72. The molecule has 0 aliphatic heterocycles. The summed E-state index contributed by atoms with van der Waals surface area (Å²) in [6.07, 6.45) is 1.17. The zero-order chi connectivity index (χ0) is 11.0. The van der Waals surface area contributed by atoms with E-state index < -0.39 is 15.0 Å².